The molecule has 7 nitrogen and oxygen atoms in total. The number of nitrogens with one attached hydrogen (secondary N) is 2. The van der Waals surface area contributed by atoms with Crippen LogP contribution in [0.5, 0.6) is 0 Å². The maximum atomic E-state index is 13.5. The Bertz CT molecular complexity index is 1120. The van der Waals surface area contributed by atoms with Gasteiger partial charge in [-0.2, -0.15) is 4.31 Å². The molecular formula is C21H24FN3O4S. The number of hydrogen-bond donors (Lipinski definition) is 4. The summed E-state index contributed by atoms with van der Waals surface area (Å²) >= 11 is 0. The van der Waals surface area contributed by atoms with Crippen LogP contribution in [0.15, 0.2) is 47.5 Å². The zero-order valence-electron chi connectivity index (χ0n) is 16.8. The third-order valence-electron chi connectivity index (χ3n) is 5.64. The van der Waals surface area contributed by atoms with E-state index in [1.807, 2.05) is 25.3 Å². The quantitative estimate of drug-likeness (QED) is 0.485. The van der Waals surface area contributed by atoms with Crippen molar-refractivity contribution in [2.75, 3.05) is 20.7 Å². The first kappa shape index (κ1) is 20.8. The van der Waals surface area contributed by atoms with Crippen molar-refractivity contribution < 1.29 is 23.0 Å². The van der Waals surface area contributed by atoms with Crippen LogP contribution >= 0.6 is 10.8 Å². The molecule has 0 bridgehead atoms. The molecule has 0 radical (unpaired) electrons. The highest BCUT2D eigenvalue weighted by Crippen LogP contribution is 2.63. The second-order valence-electron chi connectivity index (χ2n) is 7.28. The fraction of sp³-hybridized carbons (Fsp3) is 0.286. The van der Waals surface area contributed by atoms with Gasteiger partial charge in [0, 0.05) is 36.8 Å². The van der Waals surface area contributed by atoms with Gasteiger partial charge in [0.1, 0.15) is 11.9 Å². The molecule has 3 aromatic rings. The van der Waals surface area contributed by atoms with E-state index in [2.05, 4.69) is 10.3 Å². The molecule has 2 aromatic carbocycles. The number of halogens is 1. The minimum atomic E-state index is -3.26. The van der Waals surface area contributed by atoms with Gasteiger partial charge in [-0.05, 0) is 48.4 Å². The largest absolute Gasteiger partial charge is 0.370 e. The Kier molecular flexibility index (Phi) is 5.33. The van der Waals surface area contributed by atoms with Gasteiger partial charge in [-0.3, -0.25) is 13.9 Å². The molecule has 0 saturated carbocycles. The summed E-state index contributed by atoms with van der Waals surface area (Å²) in [5, 5.41) is 3.41. The second kappa shape index (κ2) is 7.68. The molecule has 2 unspecified atom stereocenters. The lowest BCUT2D eigenvalue weighted by molar-refractivity contribution is -0.131. The molecule has 0 aliphatic carbocycles. The highest BCUT2D eigenvalue weighted by molar-refractivity contribution is 8.22. The lowest BCUT2D eigenvalue weighted by Gasteiger charge is -2.40. The number of H-pyrrole nitrogens is 1. The number of hydrogen-bond acceptors (Lipinski definition) is 5. The highest BCUT2D eigenvalue weighted by Gasteiger charge is 2.42. The molecule has 4 rings (SSSR count). The van der Waals surface area contributed by atoms with Crippen LogP contribution in [-0.2, 0) is 9.53 Å². The summed E-state index contributed by atoms with van der Waals surface area (Å²) in [6, 6.07) is 9.69. The first-order valence-electron chi connectivity index (χ1n) is 9.48. The number of rotatable bonds is 5. The third-order valence-corrected chi connectivity index (χ3v) is 7.72. The number of aromatic amines is 1. The zero-order chi connectivity index (χ0) is 21.6. The van der Waals surface area contributed by atoms with Crippen LogP contribution in [0.25, 0.3) is 22.0 Å². The number of fused-ring (bicyclic) bond motifs is 2. The van der Waals surface area contributed by atoms with Crippen molar-refractivity contribution in [3.63, 3.8) is 0 Å². The maximum Gasteiger partial charge on any atom is 0.250 e. The van der Waals surface area contributed by atoms with Crippen LogP contribution in [-0.4, -0.2) is 51.1 Å². The summed E-state index contributed by atoms with van der Waals surface area (Å²) in [4.78, 5) is 15.6. The van der Waals surface area contributed by atoms with Gasteiger partial charge in [-0.25, -0.2) is 4.39 Å². The van der Waals surface area contributed by atoms with E-state index in [-0.39, 0.29) is 24.3 Å². The molecule has 1 aliphatic rings. The van der Waals surface area contributed by atoms with E-state index in [4.69, 9.17) is 4.74 Å². The van der Waals surface area contributed by atoms with Gasteiger partial charge in [-0.15, -0.1) is 10.8 Å². The monoisotopic (exact) mass is 433 g/mol. The van der Waals surface area contributed by atoms with Gasteiger partial charge >= 0.3 is 0 Å². The molecule has 0 spiro atoms. The minimum Gasteiger partial charge on any atom is -0.370 e. The summed E-state index contributed by atoms with van der Waals surface area (Å²) in [5.41, 5.74) is 3.24. The van der Waals surface area contributed by atoms with Gasteiger partial charge in [0.2, 0.25) is 5.91 Å². The van der Waals surface area contributed by atoms with E-state index in [0.29, 0.717) is 10.4 Å². The van der Waals surface area contributed by atoms with Crippen molar-refractivity contribution in [3.05, 3.63) is 54.0 Å². The smallest absolute Gasteiger partial charge is 0.250 e. The molecular weight excluding hydrogens is 409 g/mol. The molecule has 2 atom stereocenters. The van der Waals surface area contributed by atoms with Gasteiger partial charge < -0.3 is 15.0 Å². The van der Waals surface area contributed by atoms with Crippen LogP contribution in [0.1, 0.15) is 18.5 Å². The Morgan fingerprint density at radius 3 is 2.80 bits per heavy atom. The van der Waals surface area contributed by atoms with E-state index in [0.717, 1.165) is 22.1 Å². The molecule has 160 valence electrons. The van der Waals surface area contributed by atoms with Crippen LogP contribution < -0.4 is 5.32 Å². The minimum absolute atomic E-state index is 0.0377. The average molecular weight is 434 g/mol. The first-order chi connectivity index (χ1) is 14.3. The number of benzene rings is 2. The van der Waals surface area contributed by atoms with Crippen molar-refractivity contribution in [2.45, 2.75) is 24.0 Å². The summed E-state index contributed by atoms with van der Waals surface area (Å²) in [5.74, 6) is -0.644. The number of nitrogens with zero attached hydrogens (tertiary/aromatic N) is 1. The van der Waals surface area contributed by atoms with Gasteiger partial charge in [0.25, 0.3) is 0 Å². The molecule has 9 heteroatoms. The van der Waals surface area contributed by atoms with Crippen molar-refractivity contribution in [1.82, 2.24) is 14.6 Å². The summed E-state index contributed by atoms with van der Waals surface area (Å²) in [7, 11) is -0.338. The second-order valence-corrected chi connectivity index (χ2v) is 9.22. The van der Waals surface area contributed by atoms with Gasteiger partial charge in [0.15, 0.2) is 0 Å². The Labute approximate surface area is 175 Å². The number of carbonyl (C=O) groups excluding carboxylic acids is 1. The lowest BCUT2D eigenvalue weighted by Crippen LogP contribution is -2.42. The number of methoxy groups -OCH3 is 1. The van der Waals surface area contributed by atoms with Crippen LogP contribution in [0.4, 0.5) is 4.39 Å². The average Bonchev–Trinajstić information content (AvgIpc) is 3.22. The summed E-state index contributed by atoms with van der Waals surface area (Å²) in [6.45, 7) is 1.90. The number of ether oxygens (including phenoxy) is 1. The fourth-order valence-corrected chi connectivity index (χ4v) is 5.93. The molecule has 0 saturated heterocycles. The van der Waals surface area contributed by atoms with Crippen LogP contribution in [0, 0.1) is 5.82 Å². The number of amides is 1. The van der Waals surface area contributed by atoms with Crippen molar-refractivity contribution in [2.24, 2.45) is 0 Å². The predicted octanol–water partition coefficient (Wildman–Crippen LogP) is 4.14. The molecule has 1 aromatic heterocycles. The Morgan fingerprint density at radius 1 is 1.33 bits per heavy atom. The van der Waals surface area contributed by atoms with Gasteiger partial charge in [-0.1, -0.05) is 6.07 Å². The van der Waals surface area contributed by atoms with E-state index >= 15 is 0 Å². The van der Waals surface area contributed by atoms with E-state index in [9.17, 15) is 18.3 Å². The lowest BCUT2D eigenvalue weighted by atomic mass is 9.99. The van der Waals surface area contributed by atoms with Crippen molar-refractivity contribution >= 4 is 27.6 Å². The zero-order valence-corrected chi connectivity index (χ0v) is 17.7. The fourth-order valence-electron chi connectivity index (χ4n) is 3.98. The van der Waals surface area contributed by atoms with Crippen molar-refractivity contribution in [3.8, 4) is 11.1 Å². The Hall–Kier alpha value is -2.43. The molecule has 30 heavy (non-hydrogen) atoms. The highest BCUT2D eigenvalue weighted by atomic mass is 32.3. The van der Waals surface area contributed by atoms with Crippen molar-refractivity contribution in [1.29, 1.82) is 0 Å². The predicted molar refractivity (Wildman–Crippen MR) is 115 cm³/mol. The number of aromatic nitrogens is 1. The number of carbonyl (C=O) groups is 1. The Balaban J connectivity index is 1.72. The van der Waals surface area contributed by atoms with E-state index in [1.165, 1.54) is 30.6 Å². The Morgan fingerprint density at radius 2 is 2.10 bits per heavy atom. The maximum absolute atomic E-state index is 13.5. The van der Waals surface area contributed by atoms with Crippen LogP contribution in [0.3, 0.4) is 0 Å². The molecule has 1 aliphatic heterocycles. The van der Waals surface area contributed by atoms with Crippen LogP contribution in [0.2, 0.25) is 0 Å². The SMILES string of the molecule is CNC(=O)C(CN1C(C)c2cc(-c3c[nH]c4cc(F)ccc34)ccc2S1(O)O)OC. The van der Waals surface area contributed by atoms with Gasteiger partial charge in [0.05, 0.1) is 17.5 Å². The summed E-state index contributed by atoms with van der Waals surface area (Å²) in [6.07, 6.45) is 0.981. The normalized spacial score (nSPS) is 20.1. The van der Waals surface area contributed by atoms with E-state index in [1.54, 1.807) is 12.1 Å². The summed E-state index contributed by atoms with van der Waals surface area (Å²) < 4.78 is 42.1. The molecule has 4 N–H and O–H groups in total. The standard InChI is InChI=1S/C21H24FN3O4S/c1-12-16-8-13(17-10-24-18-9-14(22)5-6-15(17)18)4-7-20(16)30(27,28)25(12)11-19(29-3)21(26)23-2/h4-10,12,19,24,27-28H,11H2,1-3H3,(H,23,26). The molecule has 1 amide bonds. The third kappa shape index (κ3) is 3.28. The van der Waals surface area contributed by atoms with E-state index < -0.39 is 16.9 Å². The number of likely N-dealkylation sites (N-methyl/N-ethyl adjacent to an activating group) is 1. The first-order valence-corrected chi connectivity index (χ1v) is 11.0. The molecule has 0 fully saturated rings. The topological polar surface area (TPSA) is 97.8 Å². The molecule has 2 heterocycles.